The van der Waals surface area contributed by atoms with E-state index in [9.17, 15) is 9.59 Å². The van der Waals surface area contributed by atoms with Crippen LogP contribution in [0.25, 0.3) is 0 Å². The molecule has 2 aliphatic rings. The van der Waals surface area contributed by atoms with E-state index in [-0.39, 0.29) is 18.2 Å². The molecule has 1 aliphatic heterocycles. The highest BCUT2D eigenvalue weighted by Gasteiger charge is 2.33. The Morgan fingerprint density at radius 1 is 1.27 bits per heavy atom. The molecule has 0 spiro atoms. The summed E-state index contributed by atoms with van der Waals surface area (Å²) in [4.78, 5) is 26.5. The molecule has 1 aliphatic carbocycles. The lowest BCUT2D eigenvalue weighted by atomic mass is 10.1. The minimum atomic E-state index is -0.547. The highest BCUT2D eigenvalue weighted by Crippen LogP contribution is 2.34. The van der Waals surface area contributed by atoms with Crippen LogP contribution in [0.15, 0.2) is 28.7 Å². The van der Waals surface area contributed by atoms with Crippen LogP contribution in [0.4, 0.5) is 11.4 Å². The van der Waals surface area contributed by atoms with Crippen LogP contribution in [0.3, 0.4) is 0 Å². The van der Waals surface area contributed by atoms with Gasteiger partial charge in [0.15, 0.2) is 0 Å². The molecule has 0 bridgehead atoms. The molecule has 1 fully saturated rings. The van der Waals surface area contributed by atoms with Gasteiger partial charge in [0.1, 0.15) is 6.04 Å². The smallest absolute Gasteiger partial charge is 0.247 e. The largest absolute Gasteiger partial charge is 0.425 e. The zero-order valence-electron chi connectivity index (χ0n) is 14.8. The van der Waals surface area contributed by atoms with Crippen molar-refractivity contribution in [1.82, 2.24) is 10.2 Å². The molecule has 0 saturated heterocycles. The summed E-state index contributed by atoms with van der Waals surface area (Å²) in [6, 6.07) is 6.78. The van der Waals surface area contributed by atoms with Crippen LogP contribution >= 0.6 is 0 Å². The molecule has 2 heterocycles. The number of nitrogens with one attached hydrogen (secondary N) is 1. The first-order chi connectivity index (χ1) is 12.6. The molecule has 2 aromatic rings. The van der Waals surface area contributed by atoms with Crippen molar-refractivity contribution in [3.8, 4) is 0 Å². The van der Waals surface area contributed by atoms with Gasteiger partial charge in [0.2, 0.25) is 23.6 Å². The SMILES string of the molecule is CC1C(=O)Nc2ccccc2N1C(=O)CCc1nnc(C2CCCC2)o1. The average Bonchev–Trinajstić information content (AvgIpc) is 3.32. The first-order valence-corrected chi connectivity index (χ1v) is 9.17. The van der Waals surface area contributed by atoms with Crippen molar-refractivity contribution in [2.75, 3.05) is 10.2 Å². The quantitative estimate of drug-likeness (QED) is 0.912. The molecular weight excluding hydrogens is 332 g/mol. The fraction of sp³-hybridized carbons (Fsp3) is 0.474. The number of amides is 2. The van der Waals surface area contributed by atoms with E-state index in [1.807, 2.05) is 18.2 Å². The van der Waals surface area contributed by atoms with Gasteiger partial charge >= 0.3 is 0 Å². The molecule has 1 aromatic heterocycles. The number of aryl methyl sites for hydroxylation is 1. The van der Waals surface area contributed by atoms with Gasteiger partial charge in [-0.05, 0) is 31.9 Å². The van der Waals surface area contributed by atoms with Crippen molar-refractivity contribution in [2.45, 2.75) is 57.4 Å². The summed E-state index contributed by atoms with van der Waals surface area (Å²) in [7, 11) is 0. The van der Waals surface area contributed by atoms with Crippen LogP contribution in [0, 0.1) is 0 Å². The second-order valence-electron chi connectivity index (χ2n) is 6.96. The number of fused-ring (bicyclic) bond motifs is 1. The molecule has 1 atom stereocenters. The molecule has 1 unspecified atom stereocenters. The van der Waals surface area contributed by atoms with E-state index in [0.717, 1.165) is 18.5 Å². The molecule has 136 valence electrons. The normalized spacial score (nSPS) is 20.1. The number of anilines is 2. The van der Waals surface area contributed by atoms with Crippen molar-refractivity contribution in [2.24, 2.45) is 0 Å². The summed E-state index contributed by atoms with van der Waals surface area (Å²) in [5.41, 5.74) is 1.38. The zero-order valence-corrected chi connectivity index (χ0v) is 14.8. The van der Waals surface area contributed by atoms with E-state index in [4.69, 9.17) is 4.42 Å². The number of hydrogen-bond acceptors (Lipinski definition) is 5. The minimum absolute atomic E-state index is 0.125. The van der Waals surface area contributed by atoms with Crippen molar-refractivity contribution < 1.29 is 14.0 Å². The first kappa shape index (κ1) is 16.8. The lowest BCUT2D eigenvalue weighted by Gasteiger charge is -2.34. The fourth-order valence-electron chi connectivity index (χ4n) is 3.74. The minimum Gasteiger partial charge on any atom is -0.425 e. The van der Waals surface area contributed by atoms with Crippen LogP contribution in [-0.4, -0.2) is 28.1 Å². The number of carbonyl (C=O) groups is 2. The summed E-state index contributed by atoms with van der Waals surface area (Å²) in [5.74, 6) is 1.24. The Kier molecular flexibility index (Phi) is 4.44. The fourth-order valence-corrected chi connectivity index (χ4v) is 3.74. The van der Waals surface area contributed by atoms with Crippen molar-refractivity contribution in [3.05, 3.63) is 36.0 Å². The lowest BCUT2D eigenvalue weighted by molar-refractivity contribution is -0.123. The van der Waals surface area contributed by atoms with Gasteiger partial charge in [-0.25, -0.2) is 0 Å². The highest BCUT2D eigenvalue weighted by atomic mass is 16.4. The Labute approximate surface area is 151 Å². The molecule has 4 rings (SSSR count). The molecule has 1 aromatic carbocycles. The van der Waals surface area contributed by atoms with E-state index in [1.165, 1.54) is 12.8 Å². The van der Waals surface area contributed by atoms with Crippen LogP contribution in [0.1, 0.15) is 56.7 Å². The number of rotatable bonds is 4. The number of nitrogens with zero attached hydrogens (tertiary/aromatic N) is 3. The van der Waals surface area contributed by atoms with Crippen LogP contribution < -0.4 is 10.2 Å². The molecular formula is C19H22N4O3. The Hall–Kier alpha value is -2.70. The van der Waals surface area contributed by atoms with Gasteiger partial charge in [-0.3, -0.25) is 14.5 Å². The highest BCUT2D eigenvalue weighted by molar-refractivity contribution is 6.11. The van der Waals surface area contributed by atoms with Crippen molar-refractivity contribution >= 4 is 23.2 Å². The Bertz CT molecular complexity index is 826. The molecule has 0 radical (unpaired) electrons. The molecule has 2 amide bonds. The zero-order chi connectivity index (χ0) is 18.1. The monoisotopic (exact) mass is 354 g/mol. The van der Waals surface area contributed by atoms with Gasteiger partial charge in [-0.1, -0.05) is 25.0 Å². The predicted octanol–water partition coefficient (Wildman–Crippen LogP) is 3.03. The van der Waals surface area contributed by atoms with Gasteiger partial charge in [0, 0.05) is 18.8 Å². The third-order valence-corrected chi connectivity index (χ3v) is 5.20. The number of benzene rings is 1. The van der Waals surface area contributed by atoms with Gasteiger partial charge < -0.3 is 9.73 Å². The van der Waals surface area contributed by atoms with Crippen molar-refractivity contribution in [1.29, 1.82) is 0 Å². The van der Waals surface area contributed by atoms with E-state index >= 15 is 0 Å². The molecule has 26 heavy (non-hydrogen) atoms. The van der Waals surface area contributed by atoms with Crippen LogP contribution in [0.5, 0.6) is 0 Å². The molecule has 1 saturated carbocycles. The Balaban J connectivity index is 1.45. The summed E-state index contributed by atoms with van der Waals surface area (Å²) in [5, 5.41) is 11.1. The van der Waals surface area contributed by atoms with E-state index in [1.54, 1.807) is 17.9 Å². The van der Waals surface area contributed by atoms with Crippen LogP contribution in [0.2, 0.25) is 0 Å². The third kappa shape index (κ3) is 3.09. The van der Waals surface area contributed by atoms with E-state index in [0.29, 0.717) is 29.8 Å². The summed E-state index contributed by atoms with van der Waals surface area (Å²) >= 11 is 0. The van der Waals surface area contributed by atoms with Crippen molar-refractivity contribution in [3.63, 3.8) is 0 Å². The molecule has 7 nitrogen and oxygen atoms in total. The van der Waals surface area contributed by atoms with Gasteiger partial charge in [0.05, 0.1) is 11.4 Å². The first-order valence-electron chi connectivity index (χ1n) is 9.17. The standard InChI is InChI=1S/C19H22N4O3/c1-12-18(25)20-14-8-4-5-9-15(14)23(12)17(24)11-10-16-21-22-19(26-16)13-6-2-3-7-13/h4-5,8-9,12-13H,2-3,6-7,10-11H2,1H3,(H,20,25). The molecule has 7 heteroatoms. The van der Waals surface area contributed by atoms with Gasteiger partial charge in [-0.15, -0.1) is 10.2 Å². The maximum Gasteiger partial charge on any atom is 0.247 e. The lowest BCUT2D eigenvalue weighted by Crippen LogP contribution is -2.49. The summed E-state index contributed by atoms with van der Waals surface area (Å²) in [6.07, 6.45) is 5.20. The van der Waals surface area contributed by atoms with Gasteiger partial charge in [0.25, 0.3) is 0 Å². The van der Waals surface area contributed by atoms with E-state index < -0.39 is 6.04 Å². The summed E-state index contributed by atoms with van der Waals surface area (Å²) in [6.45, 7) is 1.73. The Morgan fingerprint density at radius 2 is 2.04 bits per heavy atom. The average molecular weight is 354 g/mol. The second kappa shape index (κ2) is 6.90. The summed E-state index contributed by atoms with van der Waals surface area (Å²) < 4.78 is 5.75. The van der Waals surface area contributed by atoms with E-state index in [2.05, 4.69) is 15.5 Å². The number of carbonyl (C=O) groups excluding carboxylic acids is 2. The maximum atomic E-state index is 12.8. The number of para-hydroxylation sites is 2. The Morgan fingerprint density at radius 3 is 2.85 bits per heavy atom. The maximum absolute atomic E-state index is 12.8. The predicted molar refractivity (Wildman–Crippen MR) is 95.8 cm³/mol. The van der Waals surface area contributed by atoms with Gasteiger partial charge in [-0.2, -0.15) is 0 Å². The topological polar surface area (TPSA) is 88.3 Å². The molecule has 1 N–H and O–H groups in total. The number of hydrogen-bond donors (Lipinski definition) is 1. The number of aromatic nitrogens is 2. The van der Waals surface area contributed by atoms with Crippen LogP contribution in [-0.2, 0) is 16.0 Å². The third-order valence-electron chi connectivity index (χ3n) is 5.20. The second-order valence-corrected chi connectivity index (χ2v) is 6.96.